The first kappa shape index (κ1) is 14.7. The van der Waals surface area contributed by atoms with Gasteiger partial charge in [-0.25, -0.2) is 0 Å². The molecule has 0 radical (unpaired) electrons. The third kappa shape index (κ3) is 4.49. The van der Waals surface area contributed by atoms with E-state index >= 15 is 0 Å². The standard InChI is InChI=1S/C15H24N2O/c1-11-6-4-5-7-14(11)8-9-15(18)17-13(3)12(2)10-16/h4-7,12-13H,8-10,16H2,1-3H3,(H,17,18). The molecule has 1 rings (SSSR count). The smallest absolute Gasteiger partial charge is 0.220 e. The molecular formula is C15H24N2O. The Morgan fingerprint density at radius 1 is 1.33 bits per heavy atom. The normalized spacial score (nSPS) is 14.0. The third-order valence-corrected chi connectivity index (χ3v) is 3.50. The molecule has 0 aliphatic carbocycles. The topological polar surface area (TPSA) is 55.1 Å². The van der Waals surface area contributed by atoms with E-state index in [-0.39, 0.29) is 11.9 Å². The largest absolute Gasteiger partial charge is 0.353 e. The zero-order chi connectivity index (χ0) is 13.5. The number of hydrogen-bond acceptors (Lipinski definition) is 2. The Morgan fingerprint density at radius 2 is 2.00 bits per heavy atom. The van der Waals surface area contributed by atoms with E-state index < -0.39 is 0 Å². The molecule has 100 valence electrons. The van der Waals surface area contributed by atoms with Gasteiger partial charge >= 0.3 is 0 Å². The fourth-order valence-corrected chi connectivity index (χ4v) is 1.81. The van der Waals surface area contributed by atoms with Crippen LogP contribution in [0.1, 0.15) is 31.4 Å². The second kappa shape index (κ2) is 7.17. The van der Waals surface area contributed by atoms with E-state index in [1.807, 2.05) is 26.0 Å². The van der Waals surface area contributed by atoms with Gasteiger partial charge in [0.1, 0.15) is 0 Å². The van der Waals surface area contributed by atoms with E-state index in [2.05, 4.69) is 24.4 Å². The minimum atomic E-state index is 0.103. The maximum absolute atomic E-state index is 11.8. The van der Waals surface area contributed by atoms with Gasteiger partial charge in [0.15, 0.2) is 0 Å². The van der Waals surface area contributed by atoms with E-state index in [0.29, 0.717) is 18.9 Å². The summed E-state index contributed by atoms with van der Waals surface area (Å²) in [5, 5.41) is 3.00. The summed E-state index contributed by atoms with van der Waals surface area (Å²) in [5.74, 6) is 0.415. The van der Waals surface area contributed by atoms with Crippen molar-refractivity contribution in [3.63, 3.8) is 0 Å². The summed E-state index contributed by atoms with van der Waals surface area (Å²) in [7, 11) is 0. The molecule has 0 heterocycles. The Kier molecular flexibility index (Phi) is 5.86. The summed E-state index contributed by atoms with van der Waals surface area (Å²) in [6.45, 7) is 6.72. The van der Waals surface area contributed by atoms with Gasteiger partial charge in [0.2, 0.25) is 5.91 Å². The van der Waals surface area contributed by atoms with Crippen LogP contribution in [-0.2, 0) is 11.2 Å². The quantitative estimate of drug-likeness (QED) is 0.809. The van der Waals surface area contributed by atoms with Crippen molar-refractivity contribution in [2.75, 3.05) is 6.54 Å². The van der Waals surface area contributed by atoms with Gasteiger partial charge < -0.3 is 11.1 Å². The lowest BCUT2D eigenvalue weighted by Gasteiger charge is -2.19. The van der Waals surface area contributed by atoms with Gasteiger partial charge in [-0.1, -0.05) is 31.2 Å². The molecule has 3 N–H and O–H groups in total. The summed E-state index contributed by atoms with van der Waals surface area (Å²) in [5.41, 5.74) is 8.07. The van der Waals surface area contributed by atoms with Crippen LogP contribution in [0, 0.1) is 12.8 Å². The number of hydrogen-bond donors (Lipinski definition) is 2. The predicted molar refractivity (Wildman–Crippen MR) is 75.3 cm³/mol. The Hall–Kier alpha value is -1.35. The van der Waals surface area contributed by atoms with Crippen molar-refractivity contribution in [2.24, 2.45) is 11.7 Å². The maximum atomic E-state index is 11.8. The van der Waals surface area contributed by atoms with E-state index in [9.17, 15) is 4.79 Å². The summed E-state index contributed by atoms with van der Waals surface area (Å²) < 4.78 is 0. The third-order valence-electron chi connectivity index (χ3n) is 3.50. The van der Waals surface area contributed by atoms with E-state index in [4.69, 9.17) is 5.73 Å². The molecule has 0 bridgehead atoms. The lowest BCUT2D eigenvalue weighted by molar-refractivity contribution is -0.121. The second-order valence-corrected chi connectivity index (χ2v) is 5.00. The van der Waals surface area contributed by atoms with Crippen LogP contribution in [-0.4, -0.2) is 18.5 Å². The number of aryl methyl sites for hydroxylation is 2. The van der Waals surface area contributed by atoms with Gasteiger partial charge in [-0.15, -0.1) is 0 Å². The Labute approximate surface area is 110 Å². The molecular weight excluding hydrogens is 224 g/mol. The van der Waals surface area contributed by atoms with Crippen molar-refractivity contribution < 1.29 is 4.79 Å². The molecule has 0 saturated carbocycles. The summed E-state index contributed by atoms with van der Waals surface area (Å²) >= 11 is 0. The van der Waals surface area contributed by atoms with Crippen LogP contribution in [0.4, 0.5) is 0 Å². The number of carbonyl (C=O) groups excluding carboxylic acids is 1. The molecule has 2 atom stereocenters. The fourth-order valence-electron chi connectivity index (χ4n) is 1.81. The summed E-state index contributed by atoms with van der Waals surface area (Å²) in [6, 6.07) is 8.32. The van der Waals surface area contributed by atoms with Crippen molar-refractivity contribution in [3.05, 3.63) is 35.4 Å². The summed E-state index contributed by atoms with van der Waals surface area (Å²) in [6.07, 6.45) is 1.33. The Bertz CT molecular complexity index is 390. The van der Waals surface area contributed by atoms with E-state index in [1.54, 1.807) is 0 Å². The molecule has 3 heteroatoms. The molecule has 1 amide bonds. The highest BCUT2D eigenvalue weighted by Gasteiger charge is 2.13. The Balaban J connectivity index is 2.40. The number of benzene rings is 1. The van der Waals surface area contributed by atoms with Crippen LogP contribution in [0.3, 0.4) is 0 Å². The van der Waals surface area contributed by atoms with Crippen molar-refractivity contribution in [2.45, 2.75) is 39.7 Å². The van der Waals surface area contributed by atoms with Gasteiger partial charge in [0, 0.05) is 12.5 Å². The molecule has 0 fully saturated rings. The van der Waals surface area contributed by atoms with Gasteiger partial charge in [-0.3, -0.25) is 4.79 Å². The molecule has 1 aromatic rings. The lowest BCUT2D eigenvalue weighted by Crippen LogP contribution is -2.39. The van der Waals surface area contributed by atoms with E-state index in [1.165, 1.54) is 11.1 Å². The number of amides is 1. The van der Waals surface area contributed by atoms with Crippen molar-refractivity contribution >= 4 is 5.91 Å². The minimum absolute atomic E-state index is 0.103. The second-order valence-electron chi connectivity index (χ2n) is 5.00. The van der Waals surface area contributed by atoms with E-state index in [0.717, 1.165) is 6.42 Å². The summed E-state index contributed by atoms with van der Waals surface area (Å²) in [4.78, 5) is 11.8. The number of carbonyl (C=O) groups is 1. The number of nitrogens with one attached hydrogen (secondary N) is 1. The molecule has 0 aliphatic rings. The van der Waals surface area contributed by atoms with Crippen LogP contribution in [0.25, 0.3) is 0 Å². The SMILES string of the molecule is Cc1ccccc1CCC(=O)NC(C)C(C)CN. The molecule has 1 aromatic carbocycles. The maximum Gasteiger partial charge on any atom is 0.220 e. The molecule has 3 nitrogen and oxygen atoms in total. The molecule has 0 spiro atoms. The predicted octanol–water partition coefficient (Wildman–Crippen LogP) is 2.03. The molecule has 0 aromatic heterocycles. The highest BCUT2D eigenvalue weighted by atomic mass is 16.1. The lowest BCUT2D eigenvalue weighted by atomic mass is 10.0. The minimum Gasteiger partial charge on any atom is -0.353 e. The molecule has 18 heavy (non-hydrogen) atoms. The van der Waals surface area contributed by atoms with Gasteiger partial charge in [-0.2, -0.15) is 0 Å². The first-order valence-electron chi connectivity index (χ1n) is 6.58. The average molecular weight is 248 g/mol. The van der Waals surface area contributed by atoms with Crippen molar-refractivity contribution in [3.8, 4) is 0 Å². The first-order valence-corrected chi connectivity index (χ1v) is 6.58. The highest BCUT2D eigenvalue weighted by Crippen LogP contribution is 2.09. The molecule has 0 aliphatic heterocycles. The van der Waals surface area contributed by atoms with Crippen molar-refractivity contribution in [1.29, 1.82) is 0 Å². The van der Waals surface area contributed by atoms with Gasteiger partial charge in [0.05, 0.1) is 0 Å². The molecule has 0 saturated heterocycles. The zero-order valence-corrected chi connectivity index (χ0v) is 11.6. The number of nitrogens with two attached hydrogens (primary N) is 1. The Morgan fingerprint density at radius 3 is 2.61 bits per heavy atom. The average Bonchev–Trinajstić information content (AvgIpc) is 2.36. The van der Waals surface area contributed by atoms with Gasteiger partial charge in [0.25, 0.3) is 0 Å². The fraction of sp³-hybridized carbons (Fsp3) is 0.533. The van der Waals surface area contributed by atoms with Crippen LogP contribution in [0.2, 0.25) is 0 Å². The van der Waals surface area contributed by atoms with Crippen LogP contribution in [0.15, 0.2) is 24.3 Å². The van der Waals surface area contributed by atoms with Crippen LogP contribution in [0.5, 0.6) is 0 Å². The monoisotopic (exact) mass is 248 g/mol. The van der Waals surface area contributed by atoms with Gasteiger partial charge in [-0.05, 0) is 43.9 Å². The van der Waals surface area contributed by atoms with Crippen LogP contribution < -0.4 is 11.1 Å². The first-order chi connectivity index (χ1) is 8.54. The number of rotatable bonds is 6. The van der Waals surface area contributed by atoms with Crippen LogP contribution >= 0.6 is 0 Å². The van der Waals surface area contributed by atoms with Crippen molar-refractivity contribution in [1.82, 2.24) is 5.32 Å². The highest BCUT2D eigenvalue weighted by molar-refractivity contribution is 5.76. The zero-order valence-electron chi connectivity index (χ0n) is 11.6. The molecule has 2 unspecified atom stereocenters.